The van der Waals surface area contributed by atoms with Gasteiger partial charge in [0.05, 0.1) is 0 Å². The van der Waals surface area contributed by atoms with E-state index in [1.165, 1.54) is 11.8 Å². The van der Waals surface area contributed by atoms with Gasteiger partial charge in [-0.15, -0.1) is 5.10 Å². The van der Waals surface area contributed by atoms with E-state index >= 15 is 0 Å². The molecule has 0 aliphatic carbocycles. The van der Waals surface area contributed by atoms with Crippen LogP contribution < -0.4 is 5.32 Å². The van der Waals surface area contributed by atoms with Crippen molar-refractivity contribution in [1.29, 1.82) is 0 Å². The number of hydrogen-bond donors (Lipinski definition) is 2. The number of hydrogen-bond acceptors (Lipinski definition) is 4. The average Bonchev–Trinajstić information content (AvgIpc) is 3.10. The Labute approximate surface area is 151 Å². The van der Waals surface area contributed by atoms with Crippen LogP contribution in [-0.4, -0.2) is 21.1 Å². The first-order chi connectivity index (χ1) is 12.1. The van der Waals surface area contributed by atoms with Crippen molar-refractivity contribution in [3.8, 4) is 0 Å². The number of benzene rings is 2. The number of nitrogens with one attached hydrogen (secondary N) is 2. The lowest BCUT2D eigenvalue weighted by molar-refractivity contribution is -0.115. The second-order valence-electron chi connectivity index (χ2n) is 5.92. The standard InChI is InChI=1S/C19H20N4OS/c1-13(2)17-21-19(23-22-17)25-16(14-9-5-3-6-10-14)18(24)20-15-11-7-4-8-12-15/h3-13,16H,1-2H3,(H,20,24)(H,21,22,23)/t16-/m1/s1. The van der Waals surface area contributed by atoms with E-state index in [0.29, 0.717) is 5.16 Å². The van der Waals surface area contributed by atoms with Gasteiger partial charge in [-0.2, -0.15) is 0 Å². The number of rotatable bonds is 6. The minimum absolute atomic E-state index is 0.0988. The summed E-state index contributed by atoms with van der Waals surface area (Å²) in [6, 6.07) is 19.1. The number of aromatic amines is 1. The summed E-state index contributed by atoms with van der Waals surface area (Å²) < 4.78 is 0. The van der Waals surface area contributed by atoms with E-state index < -0.39 is 5.25 Å². The zero-order valence-corrected chi connectivity index (χ0v) is 15.0. The van der Waals surface area contributed by atoms with E-state index in [1.807, 2.05) is 74.5 Å². The molecule has 3 rings (SSSR count). The first-order valence-electron chi connectivity index (χ1n) is 8.13. The molecule has 0 unspecified atom stereocenters. The van der Waals surface area contributed by atoms with E-state index in [4.69, 9.17) is 0 Å². The Balaban J connectivity index is 1.83. The maximum atomic E-state index is 12.9. The van der Waals surface area contributed by atoms with E-state index in [9.17, 15) is 4.79 Å². The molecule has 128 valence electrons. The van der Waals surface area contributed by atoms with Gasteiger partial charge in [-0.05, 0) is 17.7 Å². The Morgan fingerprint density at radius 3 is 2.28 bits per heavy atom. The number of carbonyl (C=O) groups is 1. The van der Waals surface area contributed by atoms with Crippen LogP contribution >= 0.6 is 11.8 Å². The molecule has 0 saturated carbocycles. The monoisotopic (exact) mass is 352 g/mol. The maximum Gasteiger partial charge on any atom is 0.242 e. The fraction of sp³-hybridized carbons (Fsp3) is 0.211. The van der Waals surface area contributed by atoms with E-state index in [2.05, 4.69) is 20.5 Å². The smallest absolute Gasteiger partial charge is 0.242 e. The van der Waals surface area contributed by atoms with Crippen LogP contribution in [0.2, 0.25) is 0 Å². The number of anilines is 1. The third-order valence-electron chi connectivity index (χ3n) is 3.63. The van der Waals surface area contributed by atoms with Gasteiger partial charge in [-0.3, -0.25) is 9.89 Å². The summed E-state index contributed by atoms with van der Waals surface area (Å²) in [4.78, 5) is 17.3. The highest BCUT2D eigenvalue weighted by atomic mass is 32.2. The third-order valence-corrected chi connectivity index (χ3v) is 4.75. The Bertz CT molecular complexity index is 818. The molecule has 0 radical (unpaired) electrons. The molecule has 0 spiro atoms. The van der Waals surface area contributed by atoms with Gasteiger partial charge in [0.25, 0.3) is 0 Å². The first kappa shape index (κ1) is 17.2. The first-order valence-corrected chi connectivity index (χ1v) is 9.01. The normalized spacial score (nSPS) is 12.1. The SMILES string of the molecule is CC(C)c1nc(S[C@@H](C(=O)Nc2ccccc2)c2ccccc2)n[nH]1. The van der Waals surface area contributed by atoms with Gasteiger partial charge < -0.3 is 5.32 Å². The molecule has 1 amide bonds. The van der Waals surface area contributed by atoms with E-state index in [1.54, 1.807) is 0 Å². The van der Waals surface area contributed by atoms with Crippen LogP contribution in [0.1, 0.15) is 36.4 Å². The zero-order valence-electron chi connectivity index (χ0n) is 14.1. The molecule has 0 aliphatic heterocycles. The molecule has 25 heavy (non-hydrogen) atoms. The predicted molar refractivity (Wildman–Crippen MR) is 101 cm³/mol. The molecule has 3 aromatic rings. The van der Waals surface area contributed by atoms with Crippen LogP contribution in [0.4, 0.5) is 5.69 Å². The minimum Gasteiger partial charge on any atom is -0.325 e. The van der Waals surface area contributed by atoms with Gasteiger partial charge in [0, 0.05) is 11.6 Å². The summed E-state index contributed by atoms with van der Waals surface area (Å²) in [5.74, 6) is 0.978. The molecule has 1 heterocycles. The van der Waals surface area contributed by atoms with Crippen molar-refractivity contribution in [1.82, 2.24) is 15.2 Å². The van der Waals surface area contributed by atoms with Gasteiger partial charge in [-0.1, -0.05) is 74.1 Å². The Hall–Kier alpha value is -2.60. The summed E-state index contributed by atoms with van der Waals surface area (Å²) in [5, 5.41) is 10.3. The highest BCUT2D eigenvalue weighted by molar-refractivity contribution is 8.00. The van der Waals surface area contributed by atoms with Crippen LogP contribution in [0.3, 0.4) is 0 Å². The van der Waals surface area contributed by atoms with Gasteiger partial charge in [0.2, 0.25) is 11.1 Å². The second kappa shape index (κ2) is 7.98. The lowest BCUT2D eigenvalue weighted by Gasteiger charge is -2.15. The lowest BCUT2D eigenvalue weighted by atomic mass is 10.1. The van der Waals surface area contributed by atoms with Gasteiger partial charge in [-0.25, -0.2) is 4.98 Å². The summed E-state index contributed by atoms with van der Waals surface area (Å²) in [6.45, 7) is 4.09. The molecule has 1 aromatic heterocycles. The van der Waals surface area contributed by atoms with Gasteiger partial charge in [0.15, 0.2) is 0 Å². The quantitative estimate of drug-likeness (QED) is 0.645. The number of para-hydroxylation sites is 1. The van der Waals surface area contributed by atoms with Crippen molar-refractivity contribution in [2.45, 2.75) is 30.2 Å². The largest absolute Gasteiger partial charge is 0.325 e. The predicted octanol–water partition coefficient (Wildman–Crippen LogP) is 4.40. The van der Waals surface area contributed by atoms with Gasteiger partial charge in [0.1, 0.15) is 11.1 Å². The Morgan fingerprint density at radius 2 is 1.68 bits per heavy atom. The average molecular weight is 352 g/mol. The summed E-state index contributed by atoms with van der Waals surface area (Å²) in [5.41, 5.74) is 1.68. The second-order valence-corrected chi connectivity index (χ2v) is 6.99. The lowest BCUT2D eigenvalue weighted by Crippen LogP contribution is -2.19. The minimum atomic E-state index is -0.433. The highest BCUT2D eigenvalue weighted by Crippen LogP contribution is 2.34. The fourth-order valence-corrected chi connectivity index (χ4v) is 3.22. The van der Waals surface area contributed by atoms with Crippen LogP contribution in [0, 0.1) is 0 Å². The molecule has 0 bridgehead atoms. The molecule has 6 heteroatoms. The zero-order chi connectivity index (χ0) is 17.6. The molecule has 5 nitrogen and oxygen atoms in total. The number of amides is 1. The molecule has 1 atom stereocenters. The van der Waals surface area contributed by atoms with E-state index in [-0.39, 0.29) is 11.8 Å². The van der Waals surface area contributed by atoms with Crippen molar-refractivity contribution in [3.05, 3.63) is 72.1 Å². The Kier molecular flexibility index (Phi) is 5.50. The Morgan fingerprint density at radius 1 is 1.04 bits per heavy atom. The highest BCUT2D eigenvalue weighted by Gasteiger charge is 2.24. The summed E-state index contributed by atoms with van der Waals surface area (Å²) in [7, 11) is 0. The van der Waals surface area contributed by atoms with Crippen LogP contribution in [0.5, 0.6) is 0 Å². The maximum absolute atomic E-state index is 12.9. The summed E-state index contributed by atoms with van der Waals surface area (Å²) in [6.07, 6.45) is 0. The molecule has 0 aliphatic rings. The fourth-order valence-electron chi connectivity index (χ4n) is 2.30. The van der Waals surface area contributed by atoms with Crippen molar-refractivity contribution in [2.24, 2.45) is 0 Å². The third kappa shape index (κ3) is 4.48. The van der Waals surface area contributed by atoms with Crippen LogP contribution in [0.15, 0.2) is 65.8 Å². The summed E-state index contributed by atoms with van der Waals surface area (Å²) >= 11 is 1.34. The van der Waals surface area contributed by atoms with Crippen molar-refractivity contribution in [3.63, 3.8) is 0 Å². The molecular formula is C19H20N4OS. The molecule has 0 fully saturated rings. The number of nitrogens with zero attached hydrogens (tertiary/aromatic N) is 2. The van der Waals surface area contributed by atoms with Crippen molar-refractivity contribution < 1.29 is 4.79 Å². The molecule has 2 N–H and O–H groups in total. The van der Waals surface area contributed by atoms with Crippen LogP contribution in [0.25, 0.3) is 0 Å². The van der Waals surface area contributed by atoms with Crippen molar-refractivity contribution in [2.75, 3.05) is 5.32 Å². The molecule has 0 saturated heterocycles. The molecular weight excluding hydrogens is 332 g/mol. The van der Waals surface area contributed by atoms with E-state index in [0.717, 1.165) is 17.1 Å². The topological polar surface area (TPSA) is 70.7 Å². The molecule has 2 aromatic carbocycles. The number of thioether (sulfide) groups is 1. The number of H-pyrrole nitrogens is 1. The number of carbonyl (C=O) groups excluding carboxylic acids is 1. The number of aromatic nitrogens is 3. The van der Waals surface area contributed by atoms with Crippen molar-refractivity contribution >= 4 is 23.4 Å². The van der Waals surface area contributed by atoms with Gasteiger partial charge >= 0.3 is 0 Å². The van der Waals surface area contributed by atoms with Crippen LogP contribution in [-0.2, 0) is 4.79 Å².